The first kappa shape index (κ1) is 20.6. The lowest BCUT2D eigenvalue weighted by Crippen LogP contribution is -1.87. The second-order valence-electron chi connectivity index (χ2n) is 7.97. The Kier molecular flexibility index (Phi) is 6.29. The molecule has 0 saturated heterocycles. The Morgan fingerprint density at radius 3 is 1.94 bits per heavy atom. The summed E-state index contributed by atoms with van der Waals surface area (Å²) in [4.78, 5) is 0. The van der Waals surface area contributed by atoms with Crippen molar-refractivity contribution in [2.75, 3.05) is 0 Å². The van der Waals surface area contributed by atoms with E-state index in [9.17, 15) is 0 Å². The first-order valence-corrected chi connectivity index (χ1v) is 10.8. The summed E-state index contributed by atoms with van der Waals surface area (Å²) in [5.41, 5.74) is 8.67. The Balaban J connectivity index is 2.14. The number of allylic oxidation sites excluding steroid dienone is 1. The molecule has 0 atom stereocenters. The Bertz CT molecular complexity index is 1270. The molecule has 31 heavy (non-hydrogen) atoms. The molecule has 0 aliphatic heterocycles. The fourth-order valence-electron chi connectivity index (χ4n) is 3.94. The minimum Gasteiger partial charge on any atom is -0.0871 e. The first-order valence-electron chi connectivity index (χ1n) is 10.8. The van der Waals surface area contributed by atoms with Crippen molar-refractivity contribution in [3.05, 3.63) is 126 Å². The number of fused-ring (bicyclic) bond motifs is 1. The Labute approximate surface area is 185 Å². The molecule has 0 bridgehead atoms. The largest absolute Gasteiger partial charge is 0.0871 e. The zero-order valence-electron chi connectivity index (χ0n) is 18.5. The molecular formula is C31H28. The van der Waals surface area contributed by atoms with E-state index < -0.39 is 0 Å². The number of benzene rings is 3. The molecule has 0 aliphatic carbocycles. The maximum atomic E-state index is 2.31. The fraction of sp³-hybridized carbons (Fsp3) is 0.0968. The van der Waals surface area contributed by atoms with Gasteiger partial charge in [0, 0.05) is 0 Å². The van der Waals surface area contributed by atoms with Crippen molar-refractivity contribution in [1.82, 2.24) is 0 Å². The van der Waals surface area contributed by atoms with E-state index in [0.29, 0.717) is 0 Å². The van der Waals surface area contributed by atoms with E-state index in [1.54, 1.807) is 0 Å². The molecule has 0 N–H and O–H groups in total. The summed E-state index contributed by atoms with van der Waals surface area (Å²) in [5.74, 6) is 0. The molecule has 4 aromatic rings. The van der Waals surface area contributed by atoms with Crippen LogP contribution in [0.1, 0.15) is 23.6 Å². The number of rotatable bonds is 3. The highest BCUT2D eigenvalue weighted by molar-refractivity contribution is 6.02. The zero-order chi connectivity index (χ0) is 21.6. The van der Waals surface area contributed by atoms with Crippen LogP contribution in [-0.4, -0.2) is 0 Å². The predicted molar refractivity (Wildman–Crippen MR) is 137 cm³/mol. The summed E-state index contributed by atoms with van der Waals surface area (Å²) >= 11 is 0. The molecule has 0 saturated carbocycles. The standard InChI is InChI=1S/C31H28/c1-4-9-25-15-20-27(21-16-25)29-11-8-6-5-7-10-26-17-14-24(3)22-30(26)31(29)28-18-12-23(2)13-19-28/h4-22H,1-3H3/b6-5?,7-5?,8-6?,9-4-,10-7?,11-8?,26-10?,29-11?,31-29?,31-30?. The molecule has 4 aromatic carbocycles. The summed E-state index contributed by atoms with van der Waals surface area (Å²) in [5, 5.41) is 2.48. The van der Waals surface area contributed by atoms with Crippen molar-refractivity contribution in [2.24, 2.45) is 0 Å². The van der Waals surface area contributed by atoms with Gasteiger partial charge in [0.1, 0.15) is 0 Å². The highest BCUT2D eigenvalue weighted by atomic mass is 14.1. The van der Waals surface area contributed by atoms with Crippen LogP contribution in [0.5, 0.6) is 0 Å². The molecule has 0 aromatic heterocycles. The topological polar surface area (TPSA) is 0 Å². The molecule has 0 fully saturated rings. The lowest BCUT2D eigenvalue weighted by molar-refractivity contribution is 1.47. The van der Waals surface area contributed by atoms with Crippen LogP contribution in [0.3, 0.4) is 0 Å². The first-order chi connectivity index (χ1) is 15.2. The average Bonchev–Trinajstić information content (AvgIpc) is 2.78. The summed E-state index contributed by atoms with van der Waals surface area (Å²) in [6.07, 6.45) is 4.21. The predicted octanol–water partition coefficient (Wildman–Crippen LogP) is 8.95. The van der Waals surface area contributed by atoms with E-state index >= 15 is 0 Å². The third-order valence-corrected chi connectivity index (χ3v) is 5.54. The molecule has 0 unspecified atom stereocenters. The summed E-state index contributed by atoms with van der Waals surface area (Å²) in [7, 11) is 0. The molecule has 0 nitrogen and oxygen atoms in total. The van der Waals surface area contributed by atoms with E-state index in [-0.39, 0.29) is 0 Å². The highest BCUT2D eigenvalue weighted by Crippen LogP contribution is 2.36. The number of aryl methyl sites for hydroxylation is 2. The fourth-order valence-corrected chi connectivity index (χ4v) is 3.94. The third kappa shape index (κ3) is 4.75. The van der Waals surface area contributed by atoms with Crippen molar-refractivity contribution >= 4 is 16.8 Å². The lowest BCUT2D eigenvalue weighted by Gasteiger charge is -2.13. The number of hydrogen-bond donors (Lipinski definition) is 0. The van der Waals surface area contributed by atoms with Crippen LogP contribution >= 0.6 is 0 Å². The van der Waals surface area contributed by atoms with Gasteiger partial charge in [-0.15, -0.1) is 0 Å². The van der Waals surface area contributed by atoms with Crippen molar-refractivity contribution in [3.63, 3.8) is 0 Å². The van der Waals surface area contributed by atoms with Crippen LogP contribution in [0.2, 0.25) is 0 Å². The van der Waals surface area contributed by atoms with Crippen LogP contribution < -0.4 is 0 Å². The Morgan fingerprint density at radius 1 is 0.581 bits per heavy atom. The summed E-state index contributed by atoms with van der Waals surface area (Å²) in [6.45, 7) is 6.35. The zero-order valence-corrected chi connectivity index (χ0v) is 18.5. The van der Waals surface area contributed by atoms with Gasteiger partial charge in [-0.05, 0) is 59.4 Å². The van der Waals surface area contributed by atoms with Crippen LogP contribution in [0.25, 0.3) is 39.1 Å². The van der Waals surface area contributed by atoms with Crippen LogP contribution in [0.4, 0.5) is 0 Å². The van der Waals surface area contributed by atoms with Gasteiger partial charge in [-0.25, -0.2) is 0 Å². The number of hydrogen-bond acceptors (Lipinski definition) is 0. The minimum absolute atomic E-state index is 1.21. The van der Waals surface area contributed by atoms with Gasteiger partial charge >= 0.3 is 0 Å². The normalized spacial score (nSPS) is 10.9. The van der Waals surface area contributed by atoms with Gasteiger partial charge in [-0.3, -0.25) is 0 Å². The van der Waals surface area contributed by atoms with E-state index in [0.717, 1.165) is 0 Å². The molecule has 0 spiro atoms. The van der Waals surface area contributed by atoms with E-state index in [4.69, 9.17) is 0 Å². The molecular weight excluding hydrogens is 372 g/mol. The minimum atomic E-state index is 1.21. The van der Waals surface area contributed by atoms with Crippen LogP contribution in [-0.2, 0) is 0 Å². The molecule has 4 rings (SSSR count). The third-order valence-electron chi connectivity index (χ3n) is 5.54. The second kappa shape index (κ2) is 9.45. The molecule has 0 amide bonds. The highest BCUT2D eigenvalue weighted by Gasteiger charge is 2.10. The van der Waals surface area contributed by atoms with Crippen molar-refractivity contribution in [1.29, 1.82) is 0 Å². The average molecular weight is 401 g/mol. The van der Waals surface area contributed by atoms with Crippen molar-refractivity contribution < 1.29 is 0 Å². The van der Waals surface area contributed by atoms with Crippen LogP contribution in [0, 0.1) is 13.8 Å². The van der Waals surface area contributed by atoms with Gasteiger partial charge in [0.15, 0.2) is 0 Å². The van der Waals surface area contributed by atoms with Crippen molar-refractivity contribution in [2.45, 2.75) is 20.8 Å². The van der Waals surface area contributed by atoms with E-state index in [1.165, 1.54) is 49.7 Å². The summed E-state index contributed by atoms with van der Waals surface area (Å²) in [6, 6.07) is 37.3. The van der Waals surface area contributed by atoms with Crippen molar-refractivity contribution in [3.8, 4) is 22.3 Å². The monoisotopic (exact) mass is 400 g/mol. The lowest BCUT2D eigenvalue weighted by atomic mass is 9.90. The maximum Gasteiger partial charge on any atom is -0.00267 e. The second-order valence-corrected chi connectivity index (χ2v) is 7.97. The summed E-state index contributed by atoms with van der Waals surface area (Å²) < 4.78 is 0. The van der Waals surface area contributed by atoms with Gasteiger partial charge in [-0.1, -0.05) is 126 Å². The van der Waals surface area contributed by atoms with Gasteiger partial charge in [-0.2, -0.15) is 0 Å². The SMILES string of the molecule is C/C=C\c1ccc(-c2ccccccc3ccc(C)cc3c2-c2ccc(C)cc2)cc1. The molecule has 0 radical (unpaired) electrons. The van der Waals surface area contributed by atoms with Gasteiger partial charge in [0.2, 0.25) is 0 Å². The van der Waals surface area contributed by atoms with Gasteiger partial charge < -0.3 is 0 Å². The molecule has 0 heteroatoms. The van der Waals surface area contributed by atoms with Crippen LogP contribution in [0.15, 0.2) is 109 Å². The van der Waals surface area contributed by atoms with E-state index in [1.807, 2.05) is 0 Å². The quantitative estimate of drug-likeness (QED) is 0.322. The Hall–Kier alpha value is -3.64. The molecule has 0 heterocycles. The van der Waals surface area contributed by atoms with Gasteiger partial charge in [0.25, 0.3) is 0 Å². The van der Waals surface area contributed by atoms with E-state index in [2.05, 4.69) is 136 Å². The smallest absolute Gasteiger partial charge is 0.00267 e. The maximum absolute atomic E-state index is 2.31. The van der Waals surface area contributed by atoms with Gasteiger partial charge in [0.05, 0.1) is 0 Å². The molecule has 152 valence electrons. The molecule has 0 aliphatic rings. The Morgan fingerprint density at radius 2 is 1.23 bits per heavy atom.